The van der Waals surface area contributed by atoms with Crippen LogP contribution < -0.4 is 0 Å². The first kappa shape index (κ1) is 14.0. The van der Waals surface area contributed by atoms with Crippen LogP contribution in [0.5, 0.6) is 0 Å². The topological polar surface area (TPSA) is 57.5 Å². The van der Waals surface area contributed by atoms with Crippen LogP contribution in [0.15, 0.2) is 0 Å². The Kier molecular flexibility index (Phi) is 3.35. The van der Waals surface area contributed by atoms with Gasteiger partial charge >= 0.3 is 0 Å². The fourth-order valence-electron chi connectivity index (χ4n) is 4.42. The predicted molar refractivity (Wildman–Crippen MR) is 70.0 cm³/mol. The summed E-state index contributed by atoms with van der Waals surface area (Å²) in [5, 5.41) is 20.1. The number of fused-ring (bicyclic) bond motifs is 1. The van der Waals surface area contributed by atoms with Gasteiger partial charge in [0.1, 0.15) is 5.78 Å². The molecule has 0 aromatic rings. The summed E-state index contributed by atoms with van der Waals surface area (Å²) in [6.07, 6.45) is 2.85. The predicted octanol–water partition coefficient (Wildman–Crippen LogP) is 2.15. The van der Waals surface area contributed by atoms with Gasteiger partial charge in [0, 0.05) is 11.8 Å². The molecule has 0 radical (unpaired) electrons. The van der Waals surface area contributed by atoms with Gasteiger partial charge in [0.15, 0.2) is 0 Å². The van der Waals surface area contributed by atoms with Gasteiger partial charge in [0.05, 0.1) is 11.7 Å². The minimum absolute atomic E-state index is 0.00562. The summed E-state index contributed by atoms with van der Waals surface area (Å²) in [7, 11) is 0. The normalized spacial score (nSPS) is 45.8. The third-order valence-corrected chi connectivity index (χ3v) is 5.17. The van der Waals surface area contributed by atoms with Crippen LogP contribution in [0.1, 0.15) is 53.4 Å². The molecule has 0 spiro atoms. The van der Waals surface area contributed by atoms with Crippen molar-refractivity contribution in [2.75, 3.05) is 0 Å². The molecule has 0 bridgehead atoms. The lowest BCUT2D eigenvalue weighted by Crippen LogP contribution is -2.54. The maximum atomic E-state index is 12.7. The van der Waals surface area contributed by atoms with Crippen LogP contribution >= 0.6 is 0 Å². The van der Waals surface area contributed by atoms with E-state index < -0.39 is 5.60 Å². The van der Waals surface area contributed by atoms with E-state index in [2.05, 4.69) is 13.8 Å². The molecular weight excluding hydrogens is 228 g/mol. The summed E-state index contributed by atoms with van der Waals surface area (Å²) in [6, 6.07) is 0. The molecule has 0 aromatic heterocycles. The number of ketones is 1. The van der Waals surface area contributed by atoms with Crippen molar-refractivity contribution < 1.29 is 15.0 Å². The summed E-state index contributed by atoms with van der Waals surface area (Å²) in [5.41, 5.74) is -0.996. The Morgan fingerprint density at radius 1 is 1.39 bits per heavy atom. The molecule has 2 fully saturated rings. The highest BCUT2D eigenvalue weighted by molar-refractivity contribution is 5.86. The zero-order valence-corrected chi connectivity index (χ0v) is 11.9. The molecule has 0 heterocycles. The van der Waals surface area contributed by atoms with Crippen molar-refractivity contribution in [3.05, 3.63) is 0 Å². The second-order valence-electron chi connectivity index (χ2n) is 7.35. The van der Waals surface area contributed by atoms with Crippen molar-refractivity contribution in [1.82, 2.24) is 0 Å². The van der Waals surface area contributed by atoms with Gasteiger partial charge in [-0.05, 0) is 50.9 Å². The molecule has 0 saturated heterocycles. The molecule has 2 aliphatic rings. The quantitative estimate of drug-likeness (QED) is 0.754. The zero-order valence-electron chi connectivity index (χ0n) is 11.9. The van der Waals surface area contributed by atoms with E-state index in [0.29, 0.717) is 6.42 Å². The van der Waals surface area contributed by atoms with Crippen LogP contribution in [0.2, 0.25) is 0 Å². The number of Topliss-reactive ketones (excluding diaryl/α,β-unsaturated/α-hetero) is 1. The Morgan fingerprint density at radius 2 is 2.00 bits per heavy atom. The molecular formula is C15H26O3. The van der Waals surface area contributed by atoms with E-state index in [1.54, 1.807) is 13.8 Å². The van der Waals surface area contributed by atoms with Crippen LogP contribution in [-0.4, -0.2) is 27.7 Å². The van der Waals surface area contributed by atoms with Gasteiger partial charge in [-0.1, -0.05) is 13.8 Å². The first-order valence-electron chi connectivity index (χ1n) is 7.09. The Hall–Kier alpha value is -0.410. The Balaban J connectivity index is 2.28. The monoisotopic (exact) mass is 254 g/mol. The van der Waals surface area contributed by atoms with Crippen molar-refractivity contribution in [2.45, 2.75) is 65.1 Å². The van der Waals surface area contributed by atoms with Crippen LogP contribution in [0.4, 0.5) is 0 Å². The molecule has 0 unspecified atom stereocenters. The summed E-state index contributed by atoms with van der Waals surface area (Å²) in [5.74, 6) is 0.200. The van der Waals surface area contributed by atoms with Gasteiger partial charge in [0.2, 0.25) is 0 Å². The van der Waals surface area contributed by atoms with E-state index >= 15 is 0 Å². The van der Waals surface area contributed by atoms with Crippen LogP contribution in [0.3, 0.4) is 0 Å². The highest BCUT2D eigenvalue weighted by atomic mass is 16.3. The van der Waals surface area contributed by atoms with Gasteiger partial charge in [-0.3, -0.25) is 4.79 Å². The molecule has 0 amide bonds. The average Bonchev–Trinajstić information content (AvgIpc) is 2.12. The summed E-state index contributed by atoms with van der Waals surface area (Å²) in [4.78, 5) is 12.7. The number of aliphatic hydroxyl groups is 2. The van der Waals surface area contributed by atoms with Crippen LogP contribution in [0.25, 0.3) is 0 Å². The molecule has 2 saturated carbocycles. The fourth-order valence-corrected chi connectivity index (χ4v) is 4.42. The Bertz CT molecular complexity index is 344. The van der Waals surface area contributed by atoms with Gasteiger partial charge < -0.3 is 10.2 Å². The van der Waals surface area contributed by atoms with Crippen LogP contribution in [-0.2, 0) is 4.79 Å². The maximum absolute atomic E-state index is 12.7. The molecule has 0 aliphatic heterocycles. The lowest BCUT2D eigenvalue weighted by Gasteiger charge is -2.52. The van der Waals surface area contributed by atoms with E-state index in [0.717, 1.165) is 19.3 Å². The SMILES string of the molecule is C[C@@H]1C[C@H](O)C[C@]2(C)CC[C@H](C(C)(C)O)C(=O)[C@H]12. The van der Waals surface area contributed by atoms with E-state index in [1.165, 1.54) is 0 Å². The number of aliphatic hydroxyl groups excluding tert-OH is 1. The fraction of sp³-hybridized carbons (Fsp3) is 0.933. The summed E-state index contributed by atoms with van der Waals surface area (Å²) < 4.78 is 0. The number of carbonyl (C=O) groups is 1. The third kappa shape index (κ3) is 2.23. The molecule has 0 aromatic carbocycles. The van der Waals surface area contributed by atoms with Crippen molar-refractivity contribution in [2.24, 2.45) is 23.2 Å². The summed E-state index contributed by atoms with van der Waals surface area (Å²) >= 11 is 0. The van der Waals surface area contributed by atoms with Gasteiger partial charge in [-0.25, -0.2) is 0 Å². The minimum atomic E-state index is -0.922. The molecule has 5 atom stereocenters. The highest BCUT2D eigenvalue weighted by Crippen LogP contribution is 2.53. The standard InChI is InChI=1S/C15H26O3/c1-9-7-10(16)8-15(4)6-5-11(14(2,3)18)13(17)12(9)15/h9-12,16,18H,5-8H2,1-4H3/t9-,10+,11+,12+,15+/m1/s1. The first-order chi connectivity index (χ1) is 8.15. The smallest absolute Gasteiger partial charge is 0.142 e. The van der Waals surface area contributed by atoms with Crippen molar-refractivity contribution in [3.63, 3.8) is 0 Å². The van der Waals surface area contributed by atoms with Crippen LogP contribution in [0, 0.1) is 23.2 Å². The lowest BCUT2D eigenvalue weighted by molar-refractivity contribution is -0.155. The first-order valence-corrected chi connectivity index (χ1v) is 7.09. The van der Waals surface area contributed by atoms with E-state index in [-0.39, 0.29) is 35.1 Å². The van der Waals surface area contributed by atoms with E-state index in [1.807, 2.05) is 0 Å². The summed E-state index contributed by atoms with van der Waals surface area (Å²) in [6.45, 7) is 7.67. The Labute approximate surface area is 110 Å². The van der Waals surface area contributed by atoms with Crippen molar-refractivity contribution >= 4 is 5.78 Å². The number of hydrogen-bond donors (Lipinski definition) is 2. The second-order valence-corrected chi connectivity index (χ2v) is 7.35. The number of rotatable bonds is 1. The van der Waals surface area contributed by atoms with Crippen molar-refractivity contribution in [3.8, 4) is 0 Å². The number of carbonyl (C=O) groups excluding carboxylic acids is 1. The van der Waals surface area contributed by atoms with Crippen molar-refractivity contribution in [1.29, 1.82) is 0 Å². The molecule has 3 heteroatoms. The maximum Gasteiger partial charge on any atom is 0.142 e. The largest absolute Gasteiger partial charge is 0.393 e. The van der Waals surface area contributed by atoms with Gasteiger partial charge in [-0.15, -0.1) is 0 Å². The zero-order chi connectivity index (χ0) is 13.7. The number of hydrogen-bond acceptors (Lipinski definition) is 3. The molecule has 2 N–H and O–H groups in total. The molecule has 3 nitrogen and oxygen atoms in total. The van der Waals surface area contributed by atoms with Gasteiger partial charge in [0.25, 0.3) is 0 Å². The third-order valence-electron chi connectivity index (χ3n) is 5.17. The molecule has 104 valence electrons. The molecule has 2 rings (SSSR count). The highest BCUT2D eigenvalue weighted by Gasteiger charge is 2.54. The van der Waals surface area contributed by atoms with Gasteiger partial charge in [-0.2, -0.15) is 0 Å². The van der Waals surface area contributed by atoms with E-state index in [9.17, 15) is 15.0 Å². The minimum Gasteiger partial charge on any atom is -0.393 e. The second kappa shape index (κ2) is 4.31. The lowest BCUT2D eigenvalue weighted by atomic mass is 9.52. The molecule has 2 aliphatic carbocycles. The average molecular weight is 254 g/mol. The van der Waals surface area contributed by atoms with E-state index in [4.69, 9.17) is 0 Å². The molecule has 18 heavy (non-hydrogen) atoms. The Morgan fingerprint density at radius 3 is 2.56 bits per heavy atom.